The number of anilines is 1. The van der Waals surface area contributed by atoms with Gasteiger partial charge in [0.15, 0.2) is 0 Å². The van der Waals surface area contributed by atoms with Gasteiger partial charge in [0.2, 0.25) is 5.91 Å². The molecule has 3 rings (SSSR count). The molecule has 1 saturated carbocycles. The molecule has 0 heterocycles. The van der Waals surface area contributed by atoms with Gasteiger partial charge in [0, 0.05) is 18.8 Å². The van der Waals surface area contributed by atoms with Crippen LogP contribution in [0.5, 0.6) is 0 Å². The van der Waals surface area contributed by atoms with Crippen LogP contribution in [0.2, 0.25) is 0 Å². The molecule has 6 N–H and O–H groups in total. The summed E-state index contributed by atoms with van der Waals surface area (Å²) < 4.78 is 78.1. The Balaban J connectivity index is 2.23. The molecule has 0 aliphatic heterocycles. The number of benzene rings is 2. The van der Waals surface area contributed by atoms with Crippen molar-refractivity contribution in [3.8, 4) is 0 Å². The number of alkyl halides is 3. The van der Waals surface area contributed by atoms with Gasteiger partial charge in [0.1, 0.15) is 16.7 Å². The Kier molecular flexibility index (Phi) is 10.4. The SMILES string of the molecule is CN(C(=O)OC(C)(C)C)S(=O)(=O)c1ccc(N(Cc2ccc(C(F)(F)F)cc2)C(=O)OC(C)(C)C)c(/C(N)=C/N(N)C2(C(N)=O)CC2)c1. The number of amides is 3. The minimum absolute atomic E-state index is 0.0332. The number of carbonyl (C=O) groups is 3. The van der Waals surface area contributed by atoms with Gasteiger partial charge in [0.05, 0.1) is 28.4 Å². The summed E-state index contributed by atoms with van der Waals surface area (Å²) in [4.78, 5) is 39.1. The molecule has 3 amide bonds. The molecule has 0 radical (unpaired) electrons. The van der Waals surface area contributed by atoms with E-state index in [-0.39, 0.29) is 29.1 Å². The van der Waals surface area contributed by atoms with Gasteiger partial charge < -0.3 is 25.9 Å². The highest BCUT2D eigenvalue weighted by Crippen LogP contribution is 2.41. The summed E-state index contributed by atoms with van der Waals surface area (Å²) in [5.41, 5.74) is 7.71. The van der Waals surface area contributed by atoms with Crippen LogP contribution in [-0.2, 0) is 37.0 Å². The lowest BCUT2D eigenvalue weighted by Gasteiger charge is -2.30. The van der Waals surface area contributed by atoms with Crippen LogP contribution in [0, 0.1) is 0 Å². The fourth-order valence-corrected chi connectivity index (χ4v) is 5.42. The normalized spacial score (nSPS) is 14.9. The van der Waals surface area contributed by atoms with Crippen molar-refractivity contribution in [2.75, 3.05) is 11.9 Å². The third-order valence-electron chi connectivity index (χ3n) is 7.07. The molecule has 0 atom stereocenters. The van der Waals surface area contributed by atoms with Crippen LogP contribution in [0.15, 0.2) is 53.6 Å². The Bertz CT molecular complexity index is 1690. The smallest absolute Gasteiger partial charge is 0.424 e. The molecule has 0 aromatic heterocycles. The van der Waals surface area contributed by atoms with Gasteiger partial charge in [-0.05, 0) is 90.3 Å². The Morgan fingerprint density at radius 2 is 1.42 bits per heavy atom. The number of nitrogens with zero attached hydrogens (tertiary/aromatic N) is 3. The van der Waals surface area contributed by atoms with Crippen LogP contribution in [-0.4, -0.2) is 59.6 Å². The second-order valence-electron chi connectivity index (χ2n) is 13.3. The molecule has 17 heteroatoms. The van der Waals surface area contributed by atoms with E-state index in [1.165, 1.54) is 18.2 Å². The third kappa shape index (κ3) is 8.89. The lowest BCUT2D eigenvalue weighted by atomic mass is 10.1. The molecule has 1 fully saturated rings. The van der Waals surface area contributed by atoms with Crippen molar-refractivity contribution in [2.24, 2.45) is 17.3 Å². The summed E-state index contributed by atoms with van der Waals surface area (Å²) in [5, 5.41) is 0.996. The van der Waals surface area contributed by atoms with E-state index in [1.807, 2.05) is 0 Å². The van der Waals surface area contributed by atoms with Gasteiger partial charge in [-0.1, -0.05) is 12.1 Å². The predicted molar refractivity (Wildman–Crippen MR) is 171 cm³/mol. The molecule has 2 aromatic rings. The van der Waals surface area contributed by atoms with Gasteiger partial charge in [0.25, 0.3) is 10.0 Å². The zero-order chi connectivity index (χ0) is 36.6. The number of nitrogens with two attached hydrogens (primary N) is 3. The first kappa shape index (κ1) is 37.9. The van der Waals surface area contributed by atoms with E-state index in [4.69, 9.17) is 26.8 Å². The van der Waals surface area contributed by atoms with Crippen LogP contribution < -0.4 is 22.2 Å². The van der Waals surface area contributed by atoms with E-state index in [0.29, 0.717) is 17.1 Å². The molecule has 0 unspecified atom stereocenters. The average molecular weight is 699 g/mol. The molecule has 2 aromatic carbocycles. The zero-order valence-electron chi connectivity index (χ0n) is 27.7. The summed E-state index contributed by atoms with van der Waals surface area (Å²) in [6.07, 6.45) is -4.92. The van der Waals surface area contributed by atoms with Crippen molar-refractivity contribution in [3.05, 3.63) is 65.4 Å². The first-order chi connectivity index (χ1) is 21.8. The minimum atomic E-state index is -4.60. The maximum atomic E-state index is 13.6. The Labute approximate surface area is 277 Å². The fourth-order valence-electron chi connectivity index (χ4n) is 4.36. The number of hydrazine groups is 1. The molecule has 1 aliphatic rings. The number of carbonyl (C=O) groups excluding carboxylic acids is 3. The van der Waals surface area contributed by atoms with E-state index >= 15 is 0 Å². The summed E-state index contributed by atoms with van der Waals surface area (Å²) in [7, 11) is -3.58. The molecular weight excluding hydrogens is 657 g/mol. The molecule has 1 aliphatic carbocycles. The van der Waals surface area contributed by atoms with E-state index < -0.39 is 61.5 Å². The number of ether oxygens (including phenoxy) is 2. The number of hydrogen-bond acceptors (Lipinski definition) is 10. The summed E-state index contributed by atoms with van der Waals surface area (Å²) in [6.45, 7) is 9.14. The number of halogens is 3. The van der Waals surface area contributed by atoms with Crippen molar-refractivity contribution >= 4 is 39.5 Å². The lowest BCUT2D eigenvalue weighted by Crippen LogP contribution is -2.48. The Hall–Kier alpha value is -4.51. The fraction of sp³-hybridized carbons (Fsp3) is 0.452. The van der Waals surface area contributed by atoms with E-state index in [9.17, 15) is 36.0 Å². The van der Waals surface area contributed by atoms with Crippen molar-refractivity contribution in [2.45, 2.75) is 88.7 Å². The van der Waals surface area contributed by atoms with E-state index in [2.05, 4.69) is 0 Å². The van der Waals surface area contributed by atoms with Gasteiger partial charge >= 0.3 is 18.4 Å². The third-order valence-corrected chi connectivity index (χ3v) is 8.79. The summed E-state index contributed by atoms with van der Waals surface area (Å²) >= 11 is 0. The summed E-state index contributed by atoms with van der Waals surface area (Å²) in [5.74, 6) is 5.44. The average Bonchev–Trinajstić information content (AvgIpc) is 3.76. The minimum Gasteiger partial charge on any atom is -0.443 e. The standard InChI is InChI=1S/C31H41F3N6O7S/c1-28(2,3)46-26(42)38(7)48(44,45)21-12-13-24(22(16-21)23(35)18-40(37)30(14-15-30)25(36)41)39(27(43)47-29(4,5)6)17-19-8-10-20(11-9-19)31(32,33)34/h8-13,16,18H,14-15,17,35,37H2,1-7H3,(H2,36,41)/b23-18-. The van der Waals surface area contributed by atoms with Crippen molar-refractivity contribution < 1.29 is 45.4 Å². The molecule has 48 heavy (non-hydrogen) atoms. The van der Waals surface area contributed by atoms with Crippen molar-refractivity contribution in [1.29, 1.82) is 0 Å². The number of primary amides is 1. The van der Waals surface area contributed by atoms with Crippen LogP contribution in [0.4, 0.5) is 28.4 Å². The summed E-state index contributed by atoms with van der Waals surface area (Å²) in [6, 6.07) is 7.48. The highest BCUT2D eigenvalue weighted by atomic mass is 32.2. The van der Waals surface area contributed by atoms with Gasteiger partial charge in [-0.2, -0.15) is 13.2 Å². The first-order valence-electron chi connectivity index (χ1n) is 14.6. The molecular formula is C31H41F3N6O7S. The lowest BCUT2D eigenvalue weighted by molar-refractivity contribution is -0.137. The maximum absolute atomic E-state index is 13.6. The van der Waals surface area contributed by atoms with Crippen LogP contribution in [0.1, 0.15) is 71.1 Å². The zero-order valence-corrected chi connectivity index (χ0v) is 28.5. The van der Waals surface area contributed by atoms with Gasteiger partial charge in [-0.15, -0.1) is 0 Å². The topological polar surface area (TPSA) is 192 Å². The van der Waals surface area contributed by atoms with Crippen molar-refractivity contribution in [1.82, 2.24) is 9.31 Å². The second-order valence-corrected chi connectivity index (χ2v) is 15.2. The van der Waals surface area contributed by atoms with E-state index in [0.717, 1.165) is 47.4 Å². The van der Waals surface area contributed by atoms with Crippen LogP contribution in [0.3, 0.4) is 0 Å². The quantitative estimate of drug-likeness (QED) is 0.245. The highest BCUT2D eigenvalue weighted by Gasteiger charge is 2.52. The largest absolute Gasteiger partial charge is 0.443 e. The molecule has 13 nitrogen and oxygen atoms in total. The van der Waals surface area contributed by atoms with Gasteiger partial charge in [-0.25, -0.2) is 28.2 Å². The number of hydrogen-bond donors (Lipinski definition) is 3. The van der Waals surface area contributed by atoms with E-state index in [1.54, 1.807) is 41.5 Å². The first-order valence-corrected chi connectivity index (χ1v) is 16.1. The Morgan fingerprint density at radius 1 is 0.896 bits per heavy atom. The second kappa shape index (κ2) is 13.2. The number of sulfonamides is 1. The molecule has 0 spiro atoms. The monoisotopic (exact) mass is 698 g/mol. The van der Waals surface area contributed by atoms with Crippen LogP contribution in [0.25, 0.3) is 5.70 Å². The number of rotatable bonds is 9. The van der Waals surface area contributed by atoms with Gasteiger partial charge in [-0.3, -0.25) is 9.69 Å². The van der Waals surface area contributed by atoms with Crippen molar-refractivity contribution in [3.63, 3.8) is 0 Å². The van der Waals surface area contributed by atoms with Crippen LogP contribution >= 0.6 is 0 Å². The molecule has 264 valence electrons. The molecule has 0 saturated heterocycles. The predicted octanol–water partition coefficient (Wildman–Crippen LogP) is 4.65. The molecule has 0 bridgehead atoms. The highest BCUT2D eigenvalue weighted by molar-refractivity contribution is 7.89. The maximum Gasteiger partial charge on any atom is 0.424 e. The Morgan fingerprint density at radius 3 is 1.88 bits per heavy atom.